The van der Waals surface area contributed by atoms with Gasteiger partial charge in [0.25, 0.3) is 0 Å². The Balaban J connectivity index is 1.41. The molecular weight excluding hydrogens is 338 g/mol. The lowest BCUT2D eigenvalue weighted by Gasteiger charge is -2.19. The SMILES string of the molecule is Cc1ccc(C(CB2Oc3ccccc3O2)B2Oc3ccccc3O2)cc1. The fraction of sp³-hybridized carbons (Fsp3) is 0.143. The van der Waals surface area contributed by atoms with E-state index in [-0.39, 0.29) is 12.9 Å². The highest BCUT2D eigenvalue weighted by Crippen LogP contribution is 2.40. The molecule has 0 aromatic heterocycles. The van der Waals surface area contributed by atoms with Gasteiger partial charge in [0.05, 0.1) is 0 Å². The second-order valence-corrected chi connectivity index (χ2v) is 6.92. The molecule has 3 aromatic carbocycles. The summed E-state index contributed by atoms with van der Waals surface area (Å²) >= 11 is 0. The Morgan fingerprint density at radius 2 is 1.15 bits per heavy atom. The average Bonchev–Trinajstić information content (AvgIpc) is 3.30. The third-order valence-corrected chi connectivity index (χ3v) is 4.98. The molecule has 0 spiro atoms. The van der Waals surface area contributed by atoms with Gasteiger partial charge in [-0.1, -0.05) is 54.1 Å². The lowest BCUT2D eigenvalue weighted by molar-refractivity contribution is 0.459. The Morgan fingerprint density at radius 3 is 1.67 bits per heavy atom. The molecule has 1 atom stereocenters. The number of hydrogen-bond acceptors (Lipinski definition) is 4. The third-order valence-electron chi connectivity index (χ3n) is 4.98. The largest absolute Gasteiger partial charge is 0.602 e. The maximum absolute atomic E-state index is 6.11. The molecule has 0 amide bonds. The minimum absolute atomic E-state index is 0.0303. The molecule has 27 heavy (non-hydrogen) atoms. The maximum Gasteiger partial charge on any atom is 0.602 e. The Kier molecular flexibility index (Phi) is 3.97. The first-order valence-corrected chi connectivity index (χ1v) is 9.17. The van der Waals surface area contributed by atoms with Crippen molar-refractivity contribution in [2.24, 2.45) is 0 Å². The molecule has 132 valence electrons. The molecule has 3 aromatic rings. The van der Waals surface area contributed by atoms with E-state index in [4.69, 9.17) is 18.6 Å². The average molecular weight is 356 g/mol. The van der Waals surface area contributed by atoms with Crippen molar-refractivity contribution in [1.29, 1.82) is 0 Å². The van der Waals surface area contributed by atoms with Crippen molar-refractivity contribution < 1.29 is 18.6 Å². The molecule has 0 bridgehead atoms. The monoisotopic (exact) mass is 356 g/mol. The predicted molar refractivity (Wildman–Crippen MR) is 106 cm³/mol. The fourth-order valence-corrected chi connectivity index (χ4v) is 3.56. The first kappa shape index (κ1) is 16.2. The van der Waals surface area contributed by atoms with E-state index in [1.165, 1.54) is 5.56 Å². The summed E-state index contributed by atoms with van der Waals surface area (Å²) in [4.78, 5) is 0. The molecule has 4 nitrogen and oxygen atoms in total. The lowest BCUT2D eigenvalue weighted by Crippen LogP contribution is -2.38. The number of fused-ring (bicyclic) bond motifs is 2. The highest BCUT2D eigenvalue weighted by atomic mass is 16.6. The van der Waals surface area contributed by atoms with Gasteiger partial charge < -0.3 is 18.6 Å². The van der Waals surface area contributed by atoms with Crippen LogP contribution in [0.2, 0.25) is 6.32 Å². The first-order valence-electron chi connectivity index (χ1n) is 9.17. The van der Waals surface area contributed by atoms with Gasteiger partial charge in [-0.3, -0.25) is 0 Å². The van der Waals surface area contributed by atoms with E-state index >= 15 is 0 Å². The van der Waals surface area contributed by atoms with Crippen molar-refractivity contribution >= 4 is 14.2 Å². The molecule has 0 radical (unpaired) electrons. The van der Waals surface area contributed by atoms with E-state index in [9.17, 15) is 0 Å². The van der Waals surface area contributed by atoms with Gasteiger partial charge in [0, 0.05) is 12.1 Å². The number of hydrogen-bond donors (Lipinski definition) is 0. The molecule has 2 aliphatic heterocycles. The van der Waals surface area contributed by atoms with E-state index in [0.717, 1.165) is 28.6 Å². The van der Waals surface area contributed by atoms with Crippen LogP contribution in [0.1, 0.15) is 16.9 Å². The number of aryl methyl sites for hydroxylation is 1. The molecule has 0 fully saturated rings. The van der Waals surface area contributed by atoms with Gasteiger partial charge in [-0.15, -0.1) is 0 Å². The van der Waals surface area contributed by atoms with Crippen LogP contribution >= 0.6 is 0 Å². The summed E-state index contributed by atoms with van der Waals surface area (Å²) in [6.07, 6.45) is 0.621. The molecule has 0 N–H and O–H groups in total. The second kappa shape index (κ2) is 6.62. The van der Waals surface area contributed by atoms with Gasteiger partial charge >= 0.3 is 14.2 Å². The van der Waals surface area contributed by atoms with Crippen molar-refractivity contribution in [2.75, 3.05) is 0 Å². The van der Waals surface area contributed by atoms with Gasteiger partial charge in [0.2, 0.25) is 0 Å². The summed E-state index contributed by atoms with van der Waals surface area (Å²) in [7, 11) is -0.786. The van der Waals surface area contributed by atoms with Crippen molar-refractivity contribution in [3.05, 3.63) is 83.9 Å². The molecule has 1 unspecified atom stereocenters. The fourth-order valence-electron chi connectivity index (χ4n) is 3.56. The maximum atomic E-state index is 6.11. The minimum Gasteiger partial charge on any atom is -0.523 e. The van der Waals surface area contributed by atoms with Gasteiger partial charge in [0.15, 0.2) is 0 Å². The summed E-state index contributed by atoms with van der Waals surface area (Å²) in [6.45, 7) is 2.08. The van der Waals surface area contributed by atoms with Crippen molar-refractivity contribution in [3.8, 4) is 23.0 Å². The van der Waals surface area contributed by atoms with Crippen LogP contribution in [0.3, 0.4) is 0 Å². The zero-order valence-electron chi connectivity index (χ0n) is 15.0. The molecule has 5 rings (SSSR count). The Hall–Kier alpha value is -3.01. The smallest absolute Gasteiger partial charge is 0.523 e. The number of para-hydroxylation sites is 4. The van der Waals surface area contributed by atoms with E-state index in [1.54, 1.807) is 0 Å². The summed E-state index contributed by atoms with van der Waals surface area (Å²) < 4.78 is 24.2. The van der Waals surface area contributed by atoms with Gasteiger partial charge in [0.1, 0.15) is 23.0 Å². The van der Waals surface area contributed by atoms with Crippen molar-refractivity contribution in [2.45, 2.75) is 19.1 Å². The Labute approximate surface area is 159 Å². The van der Waals surface area contributed by atoms with E-state index in [1.807, 2.05) is 48.5 Å². The molecule has 0 saturated heterocycles. The molecule has 2 heterocycles. The standard InChI is InChI=1S/C21H18B2O4/c1-15-10-12-16(13-11-15)17(23-26-20-8-4-5-9-21(20)27-23)14-22-24-18-6-2-3-7-19(18)25-22/h2-13,17H,14H2,1H3. The van der Waals surface area contributed by atoms with Crippen LogP contribution in [0.4, 0.5) is 0 Å². The second-order valence-electron chi connectivity index (χ2n) is 6.92. The van der Waals surface area contributed by atoms with Crippen LogP contribution in [0.5, 0.6) is 23.0 Å². The van der Waals surface area contributed by atoms with Crippen LogP contribution in [-0.2, 0) is 0 Å². The summed E-state index contributed by atoms with van der Waals surface area (Å²) in [5.41, 5.74) is 2.36. The lowest BCUT2D eigenvalue weighted by atomic mass is 9.58. The van der Waals surface area contributed by atoms with E-state index in [2.05, 4.69) is 31.2 Å². The van der Waals surface area contributed by atoms with Crippen LogP contribution < -0.4 is 18.6 Å². The zero-order chi connectivity index (χ0) is 18.2. The Morgan fingerprint density at radius 1 is 0.667 bits per heavy atom. The minimum atomic E-state index is -0.416. The van der Waals surface area contributed by atoms with Gasteiger partial charge in [-0.2, -0.15) is 0 Å². The van der Waals surface area contributed by atoms with Crippen LogP contribution in [0.25, 0.3) is 0 Å². The summed E-state index contributed by atoms with van der Waals surface area (Å²) in [5, 5.41) is 0. The van der Waals surface area contributed by atoms with Crippen LogP contribution in [0.15, 0.2) is 72.8 Å². The number of rotatable bonds is 4. The highest BCUT2D eigenvalue weighted by Gasteiger charge is 2.46. The molecule has 2 aliphatic rings. The van der Waals surface area contributed by atoms with Crippen molar-refractivity contribution in [3.63, 3.8) is 0 Å². The number of benzene rings is 3. The molecule has 0 saturated carbocycles. The summed E-state index contributed by atoms with van der Waals surface area (Å²) in [6, 6.07) is 24.0. The van der Waals surface area contributed by atoms with E-state index in [0.29, 0.717) is 6.32 Å². The molecule has 0 aliphatic carbocycles. The molecular formula is C21H18B2O4. The zero-order valence-corrected chi connectivity index (χ0v) is 15.0. The van der Waals surface area contributed by atoms with Crippen molar-refractivity contribution in [1.82, 2.24) is 0 Å². The molecule has 6 heteroatoms. The third kappa shape index (κ3) is 3.12. The van der Waals surface area contributed by atoms with Gasteiger partial charge in [-0.25, -0.2) is 0 Å². The highest BCUT2D eigenvalue weighted by molar-refractivity contribution is 6.55. The van der Waals surface area contributed by atoms with Crippen LogP contribution in [0, 0.1) is 6.92 Å². The summed E-state index contributed by atoms with van der Waals surface area (Å²) in [5.74, 6) is 3.08. The normalized spacial score (nSPS) is 15.1. The quantitative estimate of drug-likeness (QED) is 0.644. The first-order chi connectivity index (χ1) is 13.3. The topological polar surface area (TPSA) is 36.9 Å². The predicted octanol–water partition coefficient (Wildman–Crippen LogP) is 4.54. The Bertz CT molecular complexity index is 910. The van der Waals surface area contributed by atoms with E-state index < -0.39 is 7.12 Å². The van der Waals surface area contributed by atoms with Gasteiger partial charge in [-0.05, 0) is 36.8 Å². The van der Waals surface area contributed by atoms with Crippen LogP contribution in [-0.4, -0.2) is 14.2 Å².